The minimum Gasteiger partial charge on any atom is -0.478 e. The second-order valence-electron chi connectivity index (χ2n) is 2.78. The lowest BCUT2D eigenvalue weighted by atomic mass is 10.2. The zero-order valence-electron chi connectivity index (χ0n) is 7.02. The molecule has 0 aliphatic heterocycles. The van der Waals surface area contributed by atoms with Gasteiger partial charge in [-0.1, -0.05) is 6.07 Å². The maximum atomic E-state index is 10.6. The zero-order chi connectivity index (χ0) is 10.1. The van der Waals surface area contributed by atoms with E-state index in [1.54, 1.807) is 12.1 Å². The van der Waals surface area contributed by atoms with Crippen LogP contribution in [0.3, 0.4) is 0 Å². The van der Waals surface area contributed by atoms with Crippen molar-refractivity contribution in [3.8, 4) is 6.07 Å². The fourth-order valence-electron chi connectivity index (χ4n) is 1.22. The van der Waals surface area contributed by atoms with Gasteiger partial charge in [-0.2, -0.15) is 5.26 Å². The van der Waals surface area contributed by atoms with Gasteiger partial charge < -0.3 is 9.52 Å². The molecule has 4 heteroatoms. The number of fused-ring (bicyclic) bond motifs is 1. The predicted molar refractivity (Wildman–Crippen MR) is 47.9 cm³/mol. The van der Waals surface area contributed by atoms with E-state index in [2.05, 4.69) is 0 Å². The summed E-state index contributed by atoms with van der Waals surface area (Å²) in [5.74, 6) is -0.829. The van der Waals surface area contributed by atoms with Crippen molar-refractivity contribution >= 4 is 16.9 Å². The Hall–Kier alpha value is -2.28. The van der Waals surface area contributed by atoms with Gasteiger partial charge in [0.15, 0.2) is 0 Å². The third-order valence-electron chi connectivity index (χ3n) is 1.88. The summed E-state index contributed by atoms with van der Waals surface area (Å²) >= 11 is 0. The van der Waals surface area contributed by atoms with Crippen molar-refractivity contribution in [3.05, 3.63) is 35.6 Å². The molecule has 1 aromatic carbocycles. The number of furan rings is 1. The van der Waals surface area contributed by atoms with Crippen molar-refractivity contribution in [1.29, 1.82) is 5.26 Å². The topological polar surface area (TPSA) is 74.2 Å². The molecule has 0 saturated carbocycles. The first-order valence-corrected chi connectivity index (χ1v) is 3.87. The summed E-state index contributed by atoms with van der Waals surface area (Å²) in [5, 5.41) is 18.0. The number of rotatable bonds is 1. The Morgan fingerprint density at radius 3 is 2.86 bits per heavy atom. The van der Waals surface area contributed by atoms with Crippen LogP contribution in [0.4, 0.5) is 0 Å². The SMILES string of the molecule is N#Cc1cc2ccc(C(=O)O)cc2o1. The Bertz CT molecular complexity index is 548. The molecule has 14 heavy (non-hydrogen) atoms. The fourth-order valence-corrected chi connectivity index (χ4v) is 1.22. The number of hydrogen-bond acceptors (Lipinski definition) is 3. The highest BCUT2D eigenvalue weighted by atomic mass is 16.4. The van der Waals surface area contributed by atoms with E-state index in [0.717, 1.165) is 5.39 Å². The van der Waals surface area contributed by atoms with Crippen molar-refractivity contribution in [3.63, 3.8) is 0 Å². The molecule has 0 spiro atoms. The molecule has 0 amide bonds. The number of aromatic carboxylic acids is 1. The van der Waals surface area contributed by atoms with Crippen LogP contribution in [0.5, 0.6) is 0 Å². The fraction of sp³-hybridized carbons (Fsp3) is 0. The molecule has 2 aromatic rings. The smallest absolute Gasteiger partial charge is 0.335 e. The molecule has 0 bridgehead atoms. The zero-order valence-corrected chi connectivity index (χ0v) is 7.02. The van der Waals surface area contributed by atoms with Gasteiger partial charge in [0.1, 0.15) is 11.7 Å². The molecule has 0 saturated heterocycles. The lowest BCUT2D eigenvalue weighted by Crippen LogP contribution is -1.94. The van der Waals surface area contributed by atoms with Gasteiger partial charge in [-0.25, -0.2) is 4.79 Å². The predicted octanol–water partition coefficient (Wildman–Crippen LogP) is 2.00. The Morgan fingerprint density at radius 1 is 1.43 bits per heavy atom. The third kappa shape index (κ3) is 1.21. The third-order valence-corrected chi connectivity index (χ3v) is 1.88. The Balaban J connectivity index is 2.66. The molecule has 0 fully saturated rings. The number of carboxylic acid groups (broad SMARTS) is 1. The molecule has 0 unspecified atom stereocenters. The van der Waals surface area contributed by atoms with Gasteiger partial charge in [-0.15, -0.1) is 0 Å². The van der Waals surface area contributed by atoms with E-state index in [1.807, 2.05) is 6.07 Å². The standard InChI is InChI=1S/C10H5NO3/c11-5-8-3-6-1-2-7(10(12)13)4-9(6)14-8/h1-4H,(H,12,13). The van der Waals surface area contributed by atoms with E-state index in [4.69, 9.17) is 14.8 Å². The Kier molecular flexibility index (Phi) is 1.72. The lowest BCUT2D eigenvalue weighted by Gasteiger charge is -1.92. The quantitative estimate of drug-likeness (QED) is 0.740. The summed E-state index contributed by atoms with van der Waals surface area (Å²) in [6, 6.07) is 7.91. The molecule has 4 nitrogen and oxygen atoms in total. The first kappa shape index (κ1) is 8.32. The van der Waals surface area contributed by atoms with E-state index in [0.29, 0.717) is 5.58 Å². The van der Waals surface area contributed by atoms with Crippen molar-refractivity contribution in [2.75, 3.05) is 0 Å². The highest BCUT2D eigenvalue weighted by Gasteiger charge is 2.07. The molecule has 1 N–H and O–H groups in total. The molecule has 0 radical (unpaired) electrons. The molecule has 68 valence electrons. The van der Waals surface area contributed by atoms with Gasteiger partial charge in [0.05, 0.1) is 5.56 Å². The molecular weight excluding hydrogens is 182 g/mol. The first-order chi connectivity index (χ1) is 6.70. The number of benzene rings is 1. The molecular formula is C10H5NO3. The summed E-state index contributed by atoms with van der Waals surface area (Å²) < 4.78 is 5.08. The monoisotopic (exact) mass is 187 g/mol. The Labute approximate surface area is 79.0 Å². The van der Waals surface area contributed by atoms with Crippen LogP contribution in [0, 0.1) is 11.3 Å². The summed E-state index contributed by atoms with van der Waals surface area (Å²) in [5.41, 5.74) is 0.567. The molecule has 0 atom stereocenters. The van der Waals surface area contributed by atoms with Crippen molar-refractivity contribution < 1.29 is 14.3 Å². The van der Waals surface area contributed by atoms with E-state index >= 15 is 0 Å². The van der Waals surface area contributed by atoms with Crippen molar-refractivity contribution in [2.45, 2.75) is 0 Å². The summed E-state index contributed by atoms with van der Waals surface area (Å²) in [6.07, 6.45) is 0. The second kappa shape index (κ2) is 2.89. The maximum absolute atomic E-state index is 10.6. The van der Waals surface area contributed by atoms with Crippen LogP contribution in [-0.4, -0.2) is 11.1 Å². The van der Waals surface area contributed by atoms with Crippen LogP contribution in [0.15, 0.2) is 28.7 Å². The first-order valence-electron chi connectivity index (χ1n) is 3.87. The van der Waals surface area contributed by atoms with Crippen LogP contribution in [0.25, 0.3) is 11.0 Å². The van der Waals surface area contributed by atoms with Crippen molar-refractivity contribution in [2.24, 2.45) is 0 Å². The molecule has 2 rings (SSSR count). The number of hydrogen-bond donors (Lipinski definition) is 1. The van der Waals surface area contributed by atoms with Crippen molar-refractivity contribution in [1.82, 2.24) is 0 Å². The lowest BCUT2D eigenvalue weighted by molar-refractivity contribution is 0.0697. The van der Waals surface area contributed by atoms with E-state index in [1.165, 1.54) is 12.1 Å². The van der Waals surface area contributed by atoms with E-state index in [9.17, 15) is 4.79 Å². The molecule has 0 aliphatic rings. The molecule has 1 heterocycles. The normalized spacial score (nSPS) is 9.93. The number of nitriles is 1. The van der Waals surface area contributed by atoms with E-state index in [-0.39, 0.29) is 11.3 Å². The van der Waals surface area contributed by atoms with Crippen LogP contribution in [0.1, 0.15) is 16.1 Å². The van der Waals surface area contributed by atoms with Gasteiger partial charge in [-0.3, -0.25) is 0 Å². The van der Waals surface area contributed by atoms with Gasteiger partial charge in [-0.05, 0) is 12.1 Å². The maximum Gasteiger partial charge on any atom is 0.335 e. The van der Waals surface area contributed by atoms with E-state index < -0.39 is 5.97 Å². The van der Waals surface area contributed by atoms with Crippen LogP contribution in [0.2, 0.25) is 0 Å². The summed E-state index contributed by atoms with van der Waals surface area (Å²) in [7, 11) is 0. The average Bonchev–Trinajstić information content (AvgIpc) is 2.58. The van der Waals surface area contributed by atoms with Gasteiger partial charge in [0, 0.05) is 11.5 Å². The minimum atomic E-state index is -1.01. The highest BCUT2D eigenvalue weighted by molar-refractivity contribution is 5.92. The molecule has 1 aromatic heterocycles. The Morgan fingerprint density at radius 2 is 2.21 bits per heavy atom. The number of nitrogens with zero attached hydrogens (tertiary/aromatic N) is 1. The second-order valence-corrected chi connectivity index (χ2v) is 2.78. The highest BCUT2D eigenvalue weighted by Crippen LogP contribution is 2.20. The van der Waals surface area contributed by atoms with Gasteiger partial charge in [0.2, 0.25) is 5.76 Å². The average molecular weight is 187 g/mol. The van der Waals surface area contributed by atoms with Gasteiger partial charge >= 0.3 is 5.97 Å². The number of carbonyl (C=O) groups is 1. The van der Waals surface area contributed by atoms with Crippen LogP contribution < -0.4 is 0 Å². The minimum absolute atomic E-state index is 0.149. The summed E-state index contributed by atoms with van der Waals surface area (Å²) in [6.45, 7) is 0. The summed E-state index contributed by atoms with van der Waals surface area (Å²) in [4.78, 5) is 10.6. The van der Waals surface area contributed by atoms with Crippen LogP contribution in [-0.2, 0) is 0 Å². The van der Waals surface area contributed by atoms with Crippen LogP contribution >= 0.6 is 0 Å². The number of carboxylic acids is 1. The molecule has 0 aliphatic carbocycles. The largest absolute Gasteiger partial charge is 0.478 e. The van der Waals surface area contributed by atoms with Gasteiger partial charge in [0.25, 0.3) is 0 Å².